The van der Waals surface area contributed by atoms with Gasteiger partial charge in [0.05, 0.1) is 7.11 Å². The van der Waals surface area contributed by atoms with Crippen LogP contribution in [-0.4, -0.2) is 26.9 Å². The molecule has 2 aromatic rings. The Morgan fingerprint density at radius 2 is 1.71 bits per heavy atom. The van der Waals surface area contributed by atoms with Crippen LogP contribution >= 0.6 is 23.2 Å². The van der Waals surface area contributed by atoms with Crippen LogP contribution in [0.1, 0.15) is 37.3 Å². The molecule has 2 rings (SSSR count). The lowest BCUT2D eigenvalue weighted by Crippen LogP contribution is -2.16. The Morgan fingerprint density at radius 1 is 0.964 bits per heavy atom. The summed E-state index contributed by atoms with van der Waals surface area (Å²) < 4.78 is 16.9. The second-order valence-corrected chi connectivity index (χ2v) is 7.28. The second kappa shape index (κ2) is 12.9. The Balaban J connectivity index is 1.81. The molecule has 1 N–H and O–H groups in total. The van der Waals surface area contributed by atoms with Crippen LogP contribution in [0.3, 0.4) is 0 Å². The Hall–Kier alpha value is -1.46. The SMILES string of the molecule is CCCCOCCCNCc1ccc(OCc2c(Cl)cccc2Cl)c(OC)c1. The summed E-state index contributed by atoms with van der Waals surface area (Å²) in [6, 6.07) is 11.3. The second-order valence-electron chi connectivity index (χ2n) is 6.47. The van der Waals surface area contributed by atoms with Crippen molar-refractivity contribution in [1.29, 1.82) is 0 Å². The van der Waals surface area contributed by atoms with Crippen LogP contribution in [-0.2, 0) is 17.9 Å². The van der Waals surface area contributed by atoms with Crippen LogP contribution in [0.25, 0.3) is 0 Å². The zero-order valence-electron chi connectivity index (χ0n) is 16.6. The Kier molecular flexibility index (Phi) is 10.5. The summed E-state index contributed by atoms with van der Waals surface area (Å²) in [6.45, 7) is 5.79. The molecule has 0 saturated carbocycles. The van der Waals surface area contributed by atoms with E-state index in [9.17, 15) is 0 Å². The normalized spacial score (nSPS) is 10.9. The minimum absolute atomic E-state index is 0.282. The van der Waals surface area contributed by atoms with E-state index in [4.69, 9.17) is 37.4 Å². The molecule has 0 amide bonds. The number of hydrogen-bond acceptors (Lipinski definition) is 4. The molecule has 0 aromatic heterocycles. The fourth-order valence-corrected chi connectivity index (χ4v) is 3.15. The Bertz CT molecular complexity index is 705. The maximum Gasteiger partial charge on any atom is 0.161 e. The van der Waals surface area contributed by atoms with E-state index in [1.807, 2.05) is 24.3 Å². The zero-order chi connectivity index (χ0) is 20.2. The predicted octanol–water partition coefficient (Wildman–Crippen LogP) is 5.88. The molecule has 6 heteroatoms. The van der Waals surface area contributed by atoms with Gasteiger partial charge in [-0.15, -0.1) is 0 Å². The molecule has 28 heavy (non-hydrogen) atoms. The van der Waals surface area contributed by atoms with Crippen LogP contribution in [0.4, 0.5) is 0 Å². The van der Waals surface area contributed by atoms with Crippen molar-refractivity contribution in [2.24, 2.45) is 0 Å². The predicted molar refractivity (Wildman–Crippen MR) is 116 cm³/mol. The van der Waals surface area contributed by atoms with Crippen LogP contribution in [0, 0.1) is 0 Å². The maximum atomic E-state index is 6.20. The highest BCUT2D eigenvalue weighted by Gasteiger charge is 2.10. The van der Waals surface area contributed by atoms with E-state index >= 15 is 0 Å². The first kappa shape index (κ1) is 22.8. The van der Waals surface area contributed by atoms with Gasteiger partial charge >= 0.3 is 0 Å². The molecular weight excluding hydrogens is 397 g/mol. The summed E-state index contributed by atoms with van der Waals surface area (Å²) in [6.07, 6.45) is 3.30. The van der Waals surface area contributed by atoms with E-state index in [2.05, 4.69) is 12.2 Å². The van der Waals surface area contributed by atoms with Gasteiger partial charge in [0.25, 0.3) is 0 Å². The number of nitrogens with one attached hydrogen (secondary N) is 1. The smallest absolute Gasteiger partial charge is 0.161 e. The van der Waals surface area contributed by atoms with Gasteiger partial charge in [-0.1, -0.05) is 48.7 Å². The standard InChI is InChI=1S/C22H29Cl2NO3/c1-3-4-12-27-13-6-11-25-15-17-9-10-21(22(14-17)26-2)28-16-18-19(23)7-5-8-20(18)24/h5,7-10,14,25H,3-4,6,11-13,15-16H2,1-2H3. The highest BCUT2D eigenvalue weighted by molar-refractivity contribution is 6.35. The molecule has 0 heterocycles. The van der Waals surface area contributed by atoms with Crippen molar-refractivity contribution in [3.8, 4) is 11.5 Å². The van der Waals surface area contributed by atoms with Crippen molar-refractivity contribution in [3.05, 3.63) is 57.6 Å². The molecular formula is C22H29Cl2NO3. The molecule has 2 aromatic carbocycles. The van der Waals surface area contributed by atoms with E-state index in [0.29, 0.717) is 21.5 Å². The number of rotatable bonds is 13. The summed E-state index contributed by atoms with van der Waals surface area (Å²) >= 11 is 12.4. The number of unbranched alkanes of at least 4 members (excludes halogenated alkanes) is 1. The van der Waals surface area contributed by atoms with E-state index < -0.39 is 0 Å². The molecule has 4 nitrogen and oxygen atoms in total. The molecule has 0 spiro atoms. The van der Waals surface area contributed by atoms with Gasteiger partial charge < -0.3 is 19.5 Å². The van der Waals surface area contributed by atoms with Gasteiger partial charge in [-0.05, 0) is 49.2 Å². The average Bonchev–Trinajstić information content (AvgIpc) is 2.70. The van der Waals surface area contributed by atoms with Crippen LogP contribution in [0.15, 0.2) is 36.4 Å². The number of methoxy groups -OCH3 is 1. The molecule has 0 fully saturated rings. The molecule has 0 aliphatic carbocycles. The monoisotopic (exact) mass is 425 g/mol. The van der Waals surface area contributed by atoms with E-state index in [1.165, 1.54) is 6.42 Å². The van der Waals surface area contributed by atoms with Crippen LogP contribution in [0.2, 0.25) is 10.0 Å². The summed E-state index contributed by atoms with van der Waals surface area (Å²) in [5.74, 6) is 1.34. The topological polar surface area (TPSA) is 39.7 Å². The third kappa shape index (κ3) is 7.51. The molecule has 0 bridgehead atoms. The van der Waals surface area contributed by atoms with Gasteiger partial charge in [0.15, 0.2) is 11.5 Å². The first-order valence-electron chi connectivity index (χ1n) is 9.66. The van der Waals surface area contributed by atoms with Crippen LogP contribution < -0.4 is 14.8 Å². The minimum Gasteiger partial charge on any atom is -0.493 e. The van der Waals surface area contributed by atoms with E-state index in [1.54, 1.807) is 19.2 Å². The van der Waals surface area contributed by atoms with Gasteiger partial charge in [-0.3, -0.25) is 0 Å². The summed E-state index contributed by atoms with van der Waals surface area (Å²) in [5.41, 5.74) is 1.90. The molecule has 154 valence electrons. The highest BCUT2D eigenvalue weighted by Crippen LogP contribution is 2.31. The average molecular weight is 426 g/mol. The number of hydrogen-bond donors (Lipinski definition) is 1. The largest absolute Gasteiger partial charge is 0.493 e. The number of ether oxygens (including phenoxy) is 3. The number of benzene rings is 2. The molecule has 0 aliphatic rings. The van der Waals surface area contributed by atoms with Crippen molar-refractivity contribution >= 4 is 23.2 Å². The molecule has 0 unspecified atom stereocenters. The van der Waals surface area contributed by atoms with Gasteiger partial charge in [0.1, 0.15) is 6.61 Å². The van der Waals surface area contributed by atoms with Gasteiger partial charge in [0.2, 0.25) is 0 Å². The van der Waals surface area contributed by atoms with Crippen molar-refractivity contribution in [3.63, 3.8) is 0 Å². The molecule has 0 saturated heterocycles. The lowest BCUT2D eigenvalue weighted by atomic mass is 10.2. The van der Waals surface area contributed by atoms with Crippen molar-refractivity contribution in [1.82, 2.24) is 5.32 Å². The zero-order valence-corrected chi connectivity index (χ0v) is 18.1. The summed E-state index contributed by atoms with van der Waals surface area (Å²) in [5, 5.41) is 4.60. The lowest BCUT2D eigenvalue weighted by molar-refractivity contribution is 0.129. The fraction of sp³-hybridized carbons (Fsp3) is 0.455. The number of halogens is 2. The van der Waals surface area contributed by atoms with Crippen molar-refractivity contribution in [2.75, 3.05) is 26.9 Å². The quantitative estimate of drug-likeness (QED) is 0.406. The molecule has 0 aliphatic heterocycles. The van der Waals surface area contributed by atoms with E-state index in [0.717, 1.165) is 50.3 Å². The summed E-state index contributed by atoms with van der Waals surface area (Å²) in [4.78, 5) is 0. The fourth-order valence-electron chi connectivity index (χ4n) is 2.64. The van der Waals surface area contributed by atoms with Crippen LogP contribution in [0.5, 0.6) is 11.5 Å². The third-order valence-corrected chi connectivity index (χ3v) is 4.98. The van der Waals surface area contributed by atoms with Gasteiger partial charge in [-0.25, -0.2) is 0 Å². The van der Waals surface area contributed by atoms with Gasteiger partial charge in [0, 0.05) is 35.4 Å². The highest BCUT2D eigenvalue weighted by atomic mass is 35.5. The summed E-state index contributed by atoms with van der Waals surface area (Å²) in [7, 11) is 1.63. The van der Waals surface area contributed by atoms with E-state index in [-0.39, 0.29) is 6.61 Å². The molecule has 0 radical (unpaired) electrons. The lowest BCUT2D eigenvalue weighted by Gasteiger charge is -2.14. The molecule has 0 atom stereocenters. The van der Waals surface area contributed by atoms with Crippen molar-refractivity contribution in [2.45, 2.75) is 39.3 Å². The maximum absolute atomic E-state index is 6.20. The first-order chi connectivity index (χ1) is 13.7. The minimum atomic E-state index is 0.282. The third-order valence-electron chi connectivity index (χ3n) is 4.28. The Labute approximate surface area is 178 Å². The van der Waals surface area contributed by atoms with Crippen molar-refractivity contribution < 1.29 is 14.2 Å². The first-order valence-corrected chi connectivity index (χ1v) is 10.4. The Morgan fingerprint density at radius 3 is 2.43 bits per heavy atom. The van der Waals surface area contributed by atoms with Gasteiger partial charge in [-0.2, -0.15) is 0 Å².